The lowest BCUT2D eigenvalue weighted by molar-refractivity contribution is 0.755. The molecule has 1 atom stereocenters. The predicted molar refractivity (Wildman–Crippen MR) is 75.6 cm³/mol. The van der Waals surface area contributed by atoms with Crippen LogP contribution in [0.4, 0.5) is 5.82 Å². The van der Waals surface area contributed by atoms with Crippen LogP contribution >= 0.6 is 15.9 Å². The van der Waals surface area contributed by atoms with Crippen molar-refractivity contribution in [3.8, 4) is 6.07 Å². The van der Waals surface area contributed by atoms with E-state index >= 15 is 0 Å². The van der Waals surface area contributed by atoms with Crippen LogP contribution in [-0.4, -0.2) is 9.97 Å². The Hall–Kier alpha value is -1.93. The van der Waals surface area contributed by atoms with Crippen molar-refractivity contribution in [1.82, 2.24) is 9.97 Å². The number of benzene rings is 1. The van der Waals surface area contributed by atoms with Gasteiger partial charge >= 0.3 is 0 Å². The summed E-state index contributed by atoms with van der Waals surface area (Å²) in [5.41, 5.74) is 2.96. The highest BCUT2D eigenvalue weighted by molar-refractivity contribution is 9.10. The lowest BCUT2D eigenvalue weighted by Gasteiger charge is -2.15. The summed E-state index contributed by atoms with van der Waals surface area (Å²) >= 11 is 3.49. The maximum absolute atomic E-state index is 9.03. The fourth-order valence-corrected chi connectivity index (χ4v) is 2.84. The Morgan fingerprint density at radius 2 is 2.16 bits per heavy atom. The fraction of sp³-hybridized carbons (Fsp3) is 0.214. The van der Waals surface area contributed by atoms with Gasteiger partial charge in [-0.2, -0.15) is 5.26 Å². The molecule has 0 radical (unpaired) electrons. The van der Waals surface area contributed by atoms with Crippen molar-refractivity contribution < 1.29 is 0 Å². The first kappa shape index (κ1) is 12.1. The Morgan fingerprint density at radius 1 is 1.32 bits per heavy atom. The quantitative estimate of drug-likeness (QED) is 0.924. The Bertz CT molecular complexity index is 663. The summed E-state index contributed by atoms with van der Waals surface area (Å²) in [5.74, 6) is 0.561. The first-order valence-corrected chi connectivity index (χ1v) is 6.83. The second kappa shape index (κ2) is 4.98. The van der Waals surface area contributed by atoms with E-state index in [4.69, 9.17) is 5.26 Å². The van der Waals surface area contributed by atoms with Gasteiger partial charge in [0.15, 0.2) is 11.5 Å². The smallest absolute Gasteiger partial charge is 0.182 e. The molecule has 4 nitrogen and oxygen atoms in total. The van der Waals surface area contributed by atoms with Crippen molar-refractivity contribution in [2.45, 2.75) is 18.9 Å². The summed E-state index contributed by atoms with van der Waals surface area (Å²) in [6.07, 6.45) is 5.17. The molecule has 1 unspecified atom stereocenters. The SMILES string of the molecule is N#Cc1nccnc1NC1CCc2cc(Br)ccc21. The van der Waals surface area contributed by atoms with Crippen LogP contribution in [0.3, 0.4) is 0 Å². The Labute approximate surface area is 119 Å². The van der Waals surface area contributed by atoms with Gasteiger partial charge in [-0.1, -0.05) is 22.0 Å². The zero-order valence-electron chi connectivity index (χ0n) is 10.1. The molecule has 2 aromatic rings. The van der Waals surface area contributed by atoms with Gasteiger partial charge in [0.2, 0.25) is 0 Å². The van der Waals surface area contributed by atoms with Crippen molar-refractivity contribution in [1.29, 1.82) is 5.26 Å². The van der Waals surface area contributed by atoms with Gasteiger partial charge in [-0.15, -0.1) is 0 Å². The largest absolute Gasteiger partial charge is 0.361 e. The van der Waals surface area contributed by atoms with Gasteiger partial charge < -0.3 is 5.32 Å². The van der Waals surface area contributed by atoms with Crippen LogP contribution in [0.15, 0.2) is 35.1 Å². The molecule has 1 aromatic heterocycles. The summed E-state index contributed by atoms with van der Waals surface area (Å²) in [6.45, 7) is 0. The van der Waals surface area contributed by atoms with Crippen molar-refractivity contribution in [3.05, 3.63) is 51.9 Å². The van der Waals surface area contributed by atoms with E-state index < -0.39 is 0 Å². The number of hydrogen-bond donors (Lipinski definition) is 1. The van der Waals surface area contributed by atoms with E-state index in [9.17, 15) is 0 Å². The van der Waals surface area contributed by atoms with E-state index in [1.54, 1.807) is 6.20 Å². The molecule has 1 aromatic carbocycles. The average Bonchev–Trinajstić information content (AvgIpc) is 2.82. The van der Waals surface area contributed by atoms with Gasteiger partial charge in [0.25, 0.3) is 0 Å². The van der Waals surface area contributed by atoms with Crippen molar-refractivity contribution in [3.63, 3.8) is 0 Å². The molecule has 0 spiro atoms. The van der Waals surface area contributed by atoms with Crippen LogP contribution < -0.4 is 5.32 Å². The van der Waals surface area contributed by atoms with Crippen molar-refractivity contribution >= 4 is 21.7 Å². The Morgan fingerprint density at radius 3 is 3.00 bits per heavy atom. The molecule has 1 heterocycles. The second-order valence-electron chi connectivity index (χ2n) is 4.44. The summed E-state index contributed by atoms with van der Waals surface area (Å²) in [4.78, 5) is 8.21. The molecular weight excluding hydrogens is 304 g/mol. The molecular formula is C14H11BrN4. The molecule has 3 rings (SSSR count). The number of fused-ring (bicyclic) bond motifs is 1. The second-order valence-corrected chi connectivity index (χ2v) is 5.36. The molecule has 1 N–H and O–H groups in total. The van der Waals surface area contributed by atoms with Gasteiger partial charge in [-0.25, -0.2) is 9.97 Å². The number of hydrogen-bond acceptors (Lipinski definition) is 4. The molecule has 0 saturated carbocycles. The lowest BCUT2D eigenvalue weighted by Crippen LogP contribution is -2.10. The van der Waals surface area contributed by atoms with Gasteiger partial charge in [-0.3, -0.25) is 0 Å². The normalized spacial score (nSPS) is 16.7. The maximum atomic E-state index is 9.03. The Balaban J connectivity index is 1.89. The van der Waals surface area contributed by atoms with Crippen LogP contribution in [-0.2, 0) is 6.42 Å². The summed E-state index contributed by atoms with van der Waals surface area (Å²) in [5, 5.41) is 12.3. The van der Waals surface area contributed by atoms with Crippen molar-refractivity contribution in [2.24, 2.45) is 0 Å². The highest BCUT2D eigenvalue weighted by Gasteiger charge is 2.23. The van der Waals surface area contributed by atoms with E-state index in [-0.39, 0.29) is 6.04 Å². The van der Waals surface area contributed by atoms with E-state index in [1.165, 1.54) is 17.3 Å². The maximum Gasteiger partial charge on any atom is 0.182 e. The molecule has 19 heavy (non-hydrogen) atoms. The lowest BCUT2D eigenvalue weighted by atomic mass is 10.1. The number of nitriles is 1. The molecule has 0 fully saturated rings. The molecule has 0 saturated heterocycles. The summed E-state index contributed by atoms with van der Waals surface area (Å²) in [7, 11) is 0. The minimum atomic E-state index is 0.201. The number of halogens is 1. The first-order valence-electron chi connectivity index (χ1n) is 6.04. The van der Waals surface area contributed by atoms with Gasteiger partial charge in [0.05, 0.1) is 6.04 Å². The number of rotatable bonds is 2. The molecule has 1 aliphatic carbocycles. The molecule has 0 bridgehead atoms. The molecule has 1 aliphatic rings. The Kier molecular flexibility index (Phi) is 3.18. The van der Waals surface area contributed by atoms with Crippen LogP contribution in [0.1, 0.15) is 29.3 Å². The standard InChI is InChI=1S/C14H11BrN4/c15-10-2-3-11-9(7-10)1-4-12(11)19-14-13(8-16)17-5-6-18-14/h2-3,5-7,12H,1,4H2,(H,18,19). The molecule has 5 heteroatoms. The first-order chi connectivity index (χ1) is 9.28. The minimum absolute atomic E-state index is 0.201. The average molecular weight is 315 g/mol. The minimum Gasteiger partial charge on any atom is -0.361 e. The topological polar surface area (TPSA) is 61.6 Å². The number of nitrogens with zero attached hydrogens (tertiary/aromatic N) is 3. The van der Waals surface area contributed by atoms with E-state index in [0.717, 1.165) is 17.3 Å². The van der Waals surface area contributed by atoms with E-state index in [1.807, 2.05) is 6.07 Å². The summed E-state index contributed by atoms with van der Waals surface area (Å²) in [6, 6.07) is 8.57. The van der Waals surface area contributed by atoms with E-state index in [2.05, 4.69) is 49.4 Å². The zero-order chi connectivity index (χ0) is 13.2. The fourth-order valence-electron chi connectivity index (χ4n) is 2.43. The molecule has 0 amide bonds. The van der Waals surface area contributed by atoms with Crippen LogP contribution in [0.2, 0.25) is 0 Å². The van der Waals surface area contributed by atoms with Gasteiger partial charge in [-0.05, 0) is 36.1 Å². The molecule has 94 valence electrons. The molecule has 0 aliphatic heterocycles. The summed E-state index contributed by atoms with van der Waals surface area (Å²) < 4.78 is 1.10. The number of anilines is 1. The third-order valence-corrected chi connectivity index (χ3v) is 3.79. The highest BCUT2D eigenvalue weighted by Crippen LogP contribution is 2.35. The van der Waals surface area contributed by atoms with Gasteiger partial charge in [0, 0.05) is 16.9 Å². The third kappa shape index (κ3) is 2.32. The number of aromatic nitrogens is 2. The number of aryl methyl sites for hydroxylation is 1. The van der Waals surface area contributed by atoms with Crippen molar-refractivity contribution in [2.75, 3.05) is 5.32 Å². The monoisotopic (exact) mass is 314 g/mol. The van der Waals surface area contributed by atoms with Crippen LogP contribution in [0, 0.1) is 11.3 Å². The van der Waals surface area contributed by atoms with Gasteiger partial charge in [0.1, 0.15) is 6.07 Å². The van der Waals surface area contributed by atoms with Crippen LogP contribution in [0.5, 0.6) is 0 Å². The third-order valence-electron chi connectivity index (χ3n) is 3.30. The number of nitrogens with one attached hydrogen (secondary N) is 1. The van der Waals surface area contributed by atoms with Crippen LogP contribution in [0.25, 0.3) is 0 Å². The van der Waals surface area contributed by atoms with E-state index in [0.29, 0.717) is 11.5 Å². The highest BCUT2D eigenvalue weighted by atomic mass is 79.9. The zero-order valence-corrected chi connectivity index (χ0v) is 11.7. The predicted octanol–water partition coefficient (Wildman–Crippen LogP) is 3.21.